The summed E-state index contributed by atoms with van der Waals surface area (Å²) in [6, 6.07) is 25.8. The summed E-state index contributed by atoms with van der Waals surface area (Å²) in [6.45, 7) is 3.69. The number of anilines is 2. The monoisotopic (exact) mass is 483 g/mol. The van der Waals surface area contributed by atoms with Crippen LogP contribution in [0.3, 0.4) is 0 Å². The van der Waals surface area contributed by atoms with Crippen LogP contribution >= 0.6 is 0 Å². The Balaban J connectivity index is 1.30. The Kier molecular flexibility index (Phi) is 7.62. The third kappa shape index (κ3) is 5.77. The molecule has 1 fully saturated rings. The minimum atomic E-state index is -0.0735. The van der Waals surface area contributed by atoms with Crippen LogP contribution in [-0.2, 0) is 9.59 Å². The fraction of sp³-hybridized carbons (Fsp3) is 0.333. The van der Waals surface area contributed by atoms with Crippen LogP contribution in [-0.4, -0.2) is 49.5 Å². The van der Waals surface area contributed by atoms with Crippen LogP contribution in [0.15, 0.2) is 78.9 Å². The van der Waals surface area contributed by atoms with Crippen molar-refractivity contribution in [2.24, 2.45) is 0 Å². The molecule has 1 N–H and O–H groups in total. The fourth-order valence-corrected chi connectivity index (χ4v) is 5.15. The second-order valence-electron chi connectivity index (χ2n) is 9.55. The van der Waals surface area contributed by atoms with E-state index < -0.39 is 0 Å². The average molecular weight is 484 g/mol. The summed E-state index contributed by atoms with van der Waals surface area (Å²) in [5, 5.41) is 3.06. The molecular formula is C30H33N3O3. The highest BCUT2D eigenvalue weighted by Crippen LogP contribution is 2.35. The van der Waals surface area contributed by atoms with Crippen molar-refractivity contribution in [2.45, 2.75) is 31.6 Å². The Labute approximate surface area is 212 Å². The summed E-state index contributed by atoms with van der Waals surface area (Å²) in [6.07, 6.45) is 4.04. The number of hydrogen-bond donors (Lipinski definition) is 1. The van der Waals surface area contributed by atoms with E-state index in [1.54, 1.807) is 4.90 Å². The van der Waals surface area contributed by atoms with E-state index in [9.17, 15) is 9.59 Å². The lowest BCUT2D eigenvalue weighted by molar-refractivity contribution is -0.121. The number of carbonyl (C=O) groups excluding carboxylic acids is 2. The van der Waals surface area contributed by atoms with Gasteiger partial charge in [-0.1, -0.05) is 67.1 Å². The summed E-state index contributed by atoms with van der Waals surface area (Å²) in [5.41, 5.74) is 3.60. The summed E-state index contributed by atoms with van der Waals surface area (Å²) in [4.78, 5) is 30.1. The van der Waals surface area contributed by atoms with E-state index in [2.05, 4.69) is 34.5 Å². The zero-order valence-corrected chi connectivity index (χ0v) is 20.6. The number of amides is 2. The van der Waals surface area contributed by atoms with Gasteiger partial charge in [-0.15, -0.1) is 0 Å². The van der Waals surface area contributed by atoms with Crippen LogP contribution in [0.4, 0.5) is 11.4 Å². The minimum Gasteiger partial charge on any atom is -0.482 e. The van der Waals surface area contributed by atoms with Crippen molar-refractivity contribution < 1.29 is 14.3 Å². The molecule has 0 unspecified atom stereocenters. The van der Waals surface area contributed by atoms with Gasteiger partial charge in [0.25, 0.3) is 5.91 Å². The van der Waals surface area contributed by atoms with Crippen molar-refractivity contribution in [3.63, 3.8) is 0 Å². The van der Waals surface area contributed by atoms with Gasteiger partial charge in [0, 0.05) is 31.1 Å². The number of nitrogens with one attached hydrogen (secondary N) is 1. The fourth-order valence-electron chi connectivity index (χ4n) is 5.15. The molecule has 6 heteroatoms. The van der Waals surface area contributed by atoms with Crippen LogP contribution < -0.4 is 15.0 Å². The second-order valence-corrected chi connectivity index (χ2v) is 9.55. The lowest BCUT2D eigenvalue weighted by atomic mass is 9.88. The highest BCUT2D eigenvalue weighted by molar-refractivity contribution is 5.99. The zero-order valence-electron chi connectivity index (χ0n) is 20.6. The number of carbonyl (C=O) groups is 2. The quantitative estimate of drug-likeness (QED) is 0.487. The van der Waals surface area contributed by atoms with Crippen molar-refractivity contribution in [3.05, 3.63) is 90.0 Å². The van der Waals surface area contributed by atoms with E-state index in [0.717, 1.165) is 36.4 Å². The molecule has 0 saturated carbocycles. The smallest absolute Gasteiger partial charge is 0.265 e. The Morgan fingerprint density at radius 3 is 2.19 bits per heavy atom. The van der Waals surface area contributed by atoms with Crippen molar-refractivity contribution in [1.82, 2.24) is 4.90 Å². The molecule has 1 saturated heterocycles. The van der Waals surface area contributed by atoms with Gasteiger partial charge in [-0.05, 0) is 55.3 Å². The van der Waals surface area contributed by atoms with Crippen molar-refractivity contribution >= 4 is 23.2 Å². The summed E-state index contributed by atoms with van der Waals surface area (Å²) < 4.78 is 5.68. The number of rotatable bonds is 8. The predicted molar refractivity (Wildman–Crippen MR) is 143 cm³/mol. The molecule has 36 heavy (non-hydrogen) atoms. The maximum atomic E-state index is 13.2. The highest BCUT2D eigenvalue weighted by atomic mass is 16.5. The van der Waals surface area contributed by atoms with Crippen LogP contribution in [0.25, 0.3) is 0 Å². The standard InChI is InChI=1S/C30H33N3O3/c34-29(21-26(23-10-4-1-5-11-23)24-12-6-2-7-13-24)31-25-14-15-28-27(20-25)33(30(35)22-36-28)19-18-32-16-8-3-9-17-32/h1-2,4-7,10-15,20,26H,3,8-9,16-19,21-22H2,(H,31,34). The van der Waals surface area contributed by atoms with Gasteiger partial charge in [-0.2, -0.15) is 0 Å². The van der Waals surface area contributed by atoms with Crippen molar-refractivity contribution in [2.75, 3.05) is 43.0 Å². The Morgan fingerprint density at radius 2 is 1.53 bits per heavy atom. The first-order valence-electron chi connectivity index (χ1n) is 12.9. The predicted octanol–water partition coefficient (Wildman–Crippen LogP) is 5.06. The van der Waals surface area contributed by atoms with Gasteiger partial charge < -0.3 is 19.9 Å². The molecule has 3 aromatic rings. The molecule has 0 bridgehead atoms. The van der Waals surface area contributed by atoms with Crippen LogP contribution in [0.2, 0.25) is 0 Å². The number of ether oxygens (including phenoxy) is 1. The molecule has 2 aliphatic heterocycles. The lowest BCUT2D eigenvalue weighted by Crippen LogP contribution is -2.44. The molecule has 0 aliphatic carbocycles. The van der Waals surface area contributed by atoms with Gasteiger partial charge in [-0.25, -0.2) is 0 Å². The summed E-state index contributed by atoms with van der Waals surface area (Å²) >= 11 is 0. The number of benzene rings is 3. The first-order chi connectivity index (χ1) is 17.7. The number of piperidine rings is 1. The first-order valence-corrected chi connectivity index (χ1v) is 12.9. The largest absolute Gasteiger partial charge is 0.482 e. The van der Waals surface area contributed by atoms with E-state index in [0.29, 0.717) is 24.4 Å². The molecule has 0 aromatic heterocycles. The Hall–Kier alpha value is -3.64. The van der Waals surface area contributed by atoms with Gasteiger partial charge >= 0.3 is 0 Å². The molecule has 0 spiro atoms. The molecule has 2 aliphatic rings. The zero-order chi connectivity index (χ0) is 24.7. The first kappa shape index (κ1) is 24.1. The summed E-state index contributed by atoms with van der Waals surface area (Å²) in [7, 11) is 0. The van der Waals surface area contributed by atoms with Gasteiger partial charge in [0.05, 0.1) is 5.69 Å². The van der Waals surface area contributed by atoms with Crippen molar-refractivity contribution in [3.8, 4) is 5.75 Å². The van der Waals surface area contributed by atoms with Gasteiger partial charge in [-0.3, -0.25) is 9.59 Å². The SMILES string of the molecule is O=C(CC(c1ccccc1)c1ccccc1)Nc1ccc2c(c1)N(CCN1CCCCC1)C(=O)CO2. The van der Waals surface area contributed by atoms with Crippen LogP contribution in [0, 0.1) is 0 Å². The third-order valence-electron chi connectivity index (χ3n) is 7.07. The summed E-state index contributed by atoms with van der Waals surface area (Å²) in [5.74, 6) is 0.514. The maximum absolute atomic E-state index is 13.2. The van der Waals surface area contributed by atoms with E-state index in [1.807, 2.05) is 54.6 Å². The molecule has 3 aromatic carbocycles. The van der Waals surface area contributed by atoms with Crippen LogP contribution in [0.5, 0.6) is 5.75 Å². The second kappa shape index (κ2) is 11.4. The third-order valence-corrected chi connectivity index (χ3v) is 7.07. The number of likely N-dealkylation sites (tertiary alicyclic amines) is 1. The van der Waals surface area contributed by atoms with E-state index in [-0.39, 0.29) is 24.3 Å². The topological polar surface area (TPSA) is 61.9 Å². The maximum Gasteiger partial charge on any atom is 0.265 e. The van der Waals surface area contributed by atoms with Gasteiger partial charge in [0.15, 0.2) is 6.61 Å². The molecule has 6 nitrogen and oxygen atoms in total. The number of nitrogens with zero attached hydrogens (tertiary/aromatic N) is 2. The van der Waals surface area contributed by atoms with Gasteiger partial charge in [0.2, 0.25) is 5.91 Å². The molecule has 5 rings (SSSR count). The van der Waals surface area contributed by atoms with E-state index in [1.165, 1.54) is 19.3 Å². The Morgan fingerprint density at radius 1 is 0.861 bits per heavy atom. The molecule has 2 amide bonds. The Bertz CT molecular complexity index is 1140. The number of hydrogen-bond acceptors (Lipinski definition) is 4. The molecule has 186 valence electrons. The van der Waals surface area contributed by atoms with E-state index >= 15 is 0 Å². The molecule has 2 heterocycles. The van der Waals surface area contributed by atoms with Gasteiger partial charge in [0.1, 0.15) is 5.75 Å². The normalized spacial score (nSPS) is 15.9. The molecule has 0 radical (unpaired) electrons. The highest BCUT2D eigenvalue weighted by Gasteiger charge is 2.27. The van der Waals surface area contributed by atoms with E-state index in [4.69, 9.17) is 4.74 Å². The average Bonchev–Trinajstić information content (AvgIpc) is 2.93. The lowest BCUT2D eigenvalue weighted by Gasteiger charge is -2.33. The van der Waals surface area contributed by atoms with Crippen molar-refractivity contribution in [1.29, 1.82) is 0 Å². The van der Waals surface area contributed by atoms with Crippen LogP contribution in [0.1, 0.15) is 42.7 Å². The molecule has 0 atom stereocenters. The number of fused-ring (bicyclic) bond motifs is 1. The minimum absolute atomic E-state index is 0.0452. The molecular weight excluding hydrogens is 450 g/mol.